The van der Waals surface area contributed by atoms with E-state index in [9.17, 15) is 13.2 Å². The summed E-state index contributed by atoms with van der Waals surface area (Å²) in [5.74, 6) is -1.46. The second-order valence-corrected chi connectivity index (χ2v) is 8.95. The first-order valence-corrected chi connectivity index (χ1v) is 11.2. The highest BCUT2D eigenvalue weighted by molar-refractivity contribution is 6.33. The summed E-state index contributed by atoms with van der Waals surface area (Å²) in [6.07, 6.45) is 0. The molecule has 178 valence electrons. The molecule has 0 aliphatic rings. The number of halogens is 4. The Hall–Kier alpha value is -3.85. The number of hydrogen-bond donors (Lipinski definition) is 2. The van der Waals surface area contributed by atoms with Gasteiger partial charge in [-0.1, -0.05) is 31.5 Å². The van der Waals surface area contributed by atoms with Gasteiger partial charge < -0.3 is 10.7 Å². The van der Waals surface area contributed by atoms with Crippen LogP contribution < -0.4 is 5.73 Å². The fourth-order valence-corrected chi connectivity index (χ4v) is 4.23. The molecule has 0 amide bonds. The van der Waals surface area contributed by atoms with Gasteiger partial charge in [-0.15, -0.1) is 0 Å². The zero-order valence-electron chi connectivity index (χ0n) is 18.8. The minimum absolute atomic E-state index is 0.0217. The highest BCUT2D eigenvalue weighted by Crippen LogP contribution is 2.37. The van der Waals surface area contributed by atoms with Crippen LogP contribution in [-0.2, 0) is 6.54 Å². The Labute approximate surface area is 203 Å². The highest BCUT2D eigenvalue weighted by Gasteiger charge is 2.23. The van der Waals surface area contributed by atoms with E-state index in [2.05, 4.69) is 15.0 Å². The summed E-state index contributed by atoms with van der Waals surface area (Å²) in [5.41, 5.74) is 8.13. The van der Waals surface area contributed by atoms with E-state index in [1.165, 1.54) is 24.3 Å². The lowest BCUT2D eigenvalue weighted by atomic mass is 10.1. The number of H-pyrrole nitrogens is 1. The third-order valence-corrected chi connectivity index (χ3v) is 5.83. The van der Waals surface area contributed by atoms with Crippen molar-refractivity contribution in [3.63, 3.8) is 0 Å². The molecule has 0 unspecified atom stereocenters. The van der Waals surface area contributed by atoms with E-state index >= 15 is 0 Å². The number of nitrogens with one attached hydrogen (secondary N) is 1. The molecule has 0 fully saturated rings. The van der Waals surface area contributed by atoms with Gasteiger partial charge in [0.15, 0.2) is 5.65 Å². The summed E-state index contributed by atoms with van der Waals surface area (Å²) < 4.78 is 44.9. The predicted octanol–water partition coefficient (Wildman–Crippen LogP) is 6.46. The molecule has 0 spiro atoms. The Kier molecular flexibility index (Phi) is 5.72. The van der Waals surface area contributed by atoms with Crippen LogP contribution in [0.5, 0.6) is 0 Å². The molecule has 0 saturated carbocycles. The predicted molar refractivity (Wildman–Crippen MR) is 130 cm³/mol. The largest absolute Gasteiger partial charge is 0.369 e. The number of anilines is 1. The summed E-state index contributed by atoms with van der Waals surface area (Å²) in [4.78, 5) is 16.6. The summed E-state index contributed by atoms with van der Waals surface area (Å²) in [7, 11) is 0. The van der Waals surface area contributed by atoms with Crippen molar-refractivity contribution in [2.45, 2.75) is 20.4 Å². The summed E-state index contributed by atoms with van der Waals surface area (Å²) in [6.45, 7) is 4.69. The molecule has 10 heteroatoms. The van der Waals surface area contributed by atoms with Crippen LogP contribution in [0.25, 0.3) is 45.2 Å². The van der Waals surface area contributed by atoms with Crippen molar-refractivity contribution >= 4 is 28.7 Å². The van der Waals surface area contributed by atoms with Gasteiger partial charge in [0.2, 0.25) is 5.95 Å². The van der Waals surface area contributed by atoms with Gasteiger partial charge in [-0.2, -0.15) is 0 Å². The number of pyridine rings is 1. The van der Waals surface area contributed by atoms with Crippen LogP contribution in [0.2, 0.25) is 5.02 Å². The van der Waals surface area contributed by atoms with E-state index < -0.39 is 17.5 Å². The van der Waals surface area contributed by atoms with Crippen molar-refractivity contribution in [3.05, 3.63) is 71.0 Å². The quantitative estimate of drug-likeness (QED) is 0.292. The van der Waals surface area contributed by atoms with Crippen molar-refractivity contribution in [1.82, 2.24) is 24.5 Å². The minimum atomic E-state index is -0.820. The maximum Gasteiger partial charge on any atom is 0.202 e. The van der Waals surface area contributed by atoms with E-state index in [0.717, 1.165) is 12.1 Å². The molecule has 3 heterocycles. The van der Waals surface area contributed by atoms with Gasteiger partial charge in [0.1, 0.15) is 34.5 Å². The average Bonchev–Trinajstić information content (AvgIpc) is 3.34. The van der Waals surface area contributed by atoms with Crippen molar-refractivity contribution in [1.29, 1.82) is 0 Å². The number of benzene rings is 2. The van der Waals surface area contributed by atoms with Crippen LogP contribution in [0.15, 0.2) is 48.5 Å². The molecular weight excluding hydrogens is 477 g/mol. The number of imidazole rings is 2. The fraction of sp³-hybridized carbons (Fsp3) is 0.160. The lowest BCUT2D eigenvalue weighted by Crippen LogP contribution is -2.08. The number of nitrogen functional groups attached to an aromatic ring is 1. The maximum absolute atomic E-state index is 14.8. The molecule has 3 aromatic heterocycles. The zero-order valence-corrected chi connectivity index (χ0v) is 19.5. The highest BCUT2D eigenvalue weighted by atomic mass is 35.5. The summed E-state index contributed by atoms with van der Waals surface area (Å²) in [5, 5.41) is 0.127. The van der Waals surface area contributed by atoms with E-state index in [-0.39, 0.29) is 33.6 Å². The van der Waals surface area contributed by atoms with Crippen LogP contribution in [0.3, 0.4) is 0 Å². The van der Waals surface area contributed by atoms with Crippen molar-refractivity contribution in [2.24, 2.45) is 5.92 Å². The van der Waals surface area contributed by atoms with Gasteiger partial charge in [-0.3, -0.25) is 4.57 Å². The lowest BCUT2D eigenvalue weighted by Gasteiger charge is -2.09. The van der Waals surface area contributed by atoms with Crippen molar-refractivity contribution in [3.8, 4) is 34.0 Å². The maximum atomic E-state index is 14.8. The number of aromatic nitrogens is 5. The number of nitrogens with zero attached hydrogens (tertiary/aromatic N) is 4. The summed E-state index contributed by atoms with van der Waals surface area (Å²) >= 11 is 6.26. The number of hydrogen-bond acceptors (Lipinski definition) is 4. The smallest absolute Gasteiger partial charge is 0.202 e. The number of aromatic amines is 1. The first kappa shape index (κ1) is 22.9. The van der Waals surface area contributed by atoms with Gasteiger partial charge in [-0.05, 0) is 42.3 Å². The van der Waals surface area contributed by atoms with Crippen LogP contribution in [-0.4, -0.2) is 24.5 Å². The molecule has 3 N–H and O–H groups in total. The first-order valence-electron chi connectivity index (χ1n) is 10.9. The Morgan fingerprint density at radius 3 is 2.51 bits per heavy atom. The van der Waals surface area contributed by atoms with Crippen LogP contribution >= 0.6 is 11.6 Å². The fourth-order valence-electron chi connectivity index (χ4n) is 3.98. The lowest BCUT2D eigenvalue weighted by molar-refractivity contribution is 0.535. The number of nitrogens with two attached hydrogens (primary N) is 1. The Morgan fingerprint density at radius 2 is 1.80 bits per heavy atom. The van der Waals surface area contributed by atoms with E-state index in [4.69, 9.17) is 22.3 Å². The third-order valence-electron chi connectivity index (χ3n) is 5.52. The van der Waals surface area contributed by atoms with Gasteiger partial charge >= 0.3 is 0 Å². The number of rotatable bonds is 5. The first-order chi connectivity index (χ1) is 16.7. The van der Waals surface area contributed by atoms with Crippen LogP contribution in [0.1, 0.15) is 13.8 Å². The van der Waals surface area contributed by atoms with Crippen molar-refractivity contribution in [2.75, 3.05) is 5.73 Å². The van der Waals surface area contributed by atoms with E-state index in [1.54, 1.807) is 16.7 Å². The second kappa shape index (κ2) is 8.74. The molecule has 0 saturated heterocycles. The Bertz CT molecular complexity index is 1550. The van der Waals surface area contributed by atoms with E-state index in [0.29, 0.717) is 35.0 Å². The van der Waals surface area contributed by atoms with E-state index in [1.807, 2.05) is 13.8 Å². The van der Waals surface area contributed by atoms with Gasteiger partial charge in [-0.25, -0.2) is 28.1 Å². The molecule has 0 atom stereocenters. The monoisotopic (exact) mass is 496 g/mol. The second-order valence-electron chi connectivity index (χ2n) is 8.54. The van der Waals surface area contributed by atoms with Crippen LogP contribution in [0.4, 0.5) is 19.1 Å². The molecule has 5 rings (SSSR count). The average molecular weight is 497 g/mol. The SMILES string of the molecule is CC(C)Cn1c(N)nc2ccc(-c3[nH]c(-c4c(F)cccc4Cl)nc3-c3ccc(F)cc3F)nc21. The number of fused-ring (bicyclic) bond motifs is 1. The van der Waals surface area contributed by atoms with Gasteiger partial charge in [0, 0.05) is 18.2 Å². The molecule has 0 aliphatic carbocycles. The standard InChI is InChI=1S/C25H20ClF3N6/c1-12(2)11-35-24-19(32-25(35)30)9-8-18(31-24)22-21(14-7-6-13(27)10-17(14)29)33-23(34-22)20-15(26)4-3-5-16(20)28/h3-10,12H,11H2,1-2H3,(H2,30,32)(H,33,34). The normalized spacial score (nSPS) is 11.6. The molecule has 0 aliphatic heterocycles. The van der Waals surface area contributed by atoms with Crippen molar-refractivity contribution < 1.29 is 13.2 Å². The molecule has 0 bridgehead atoms. The topological polar surface area (TPSA) is 85.4 Å². The molecule has 35 heavy (non-hydrogen) atoms. The van der Waals surface area contributed by atoms with Gasteiger partial charge in [0.25, 0.3) is 0 Å². The molecular formula is C25H20ClF3N6. The Morgan fingerprint density at radius 1 is 1.00 bits per heavy atom. The third kappa shape index (κ3) is 4.12. The Balaban J connectivity index is 1.76. The molecule has 2 aromatic carbocycles. The molecule has 0 radical (unpaired) electrons. The zero-order chi connectivity index (χ0) is 24.9. The summed E-state index contributed by atoms with van der Waals surface area (Å²) in [6, 6.07) is 10.8. The molecule has 5 aromatic rings. The van der Waals surface area contributed by atoms with Gasteiger partial charge in [0.05, 0.1) is 22.0 Å². The minimum Gasteiger partial charge on any atom is -0.369 e. The van der Waals surface area contributed by atoms with Crippen LogP contribution in [0, 0.1) is 23.4 Å². The molecule has 6 nitrogen and oxygen atoms in total.